The first-order chi connectivity index (χ1) is 9.79. The Morgan fingerprint density at radius 2 is 1.95 bits per heavy atom. The highest BCUT2D eigenvalue weighted by Gasteiger charge is 2.14. The van der Waals surface area contributed by atoms with E-state index in [1.54, 1.807) is 18.3 Å². The van der Waals surface area contributed by atoms with Gasteiger partial charge in [-0.1, -0.05) is 6.07 Å². The van der Waals surface area contributed by atoms with Gasteiger partial charge in [0.1, 0.15) is 0 Å². The average Bonchev–Trinajstić information content (AvgIpc) is 2.43. The zero-order valence-electron chi connectivity index (χ0n) is 12.3. The first-order valence-corrected chi connectivity index (χ1v) is 8.15. The van der Waals surface area contributed by atoms with E-state index in [0.29, 0.717) is 0 Å². The molecular formula is C15H19N3O2S. The predicted octanol–water partition coefficient (Wildman–Crippen LogP) is 2.52. The number of nitrogens with two attached hydrogens (primary N) is 1. The summed E-state index contributed by atoms with van der Waals surface area (Å²) < 4.78 is 23.1. The molecule has 21 heavy (non-hydrogen) atoms. The molecule has 1 unspecified atom stereocenters. The van der Waals surface area contributed by atoms with Crippen LogP contribution in [-0.4, -0.2) is 13.4 Å². The molecule has 0 amide bonds. The molecule has 0 saturated carbocycles. The van der Waals surface area contributed by atoms with E-state index in [-0.39, 0.29) is 10.9 Å². The van der Waals surface area contributed by atoms with Crippen LogP contribution in [0.3, 0.4) is 0 Å². The largest absolute Gasteiger partial charge is 0.377 e. The molecule has 112 valence electrons. The van der Waals surface area contributed by atoms with Gasteiger partial charge >= 0.3 is 0 Å². The minimum absolute atomic E-state index is 0.0416. The number of nitrogens with zero attached hydrogens (tertiary/aromatic N) is 1. The fourth-order valence-electron chi connectivity index (χ4n) is 2.08. The predicted molar refractivity (Wildman–Crippen MR) is 83.6 cm³/mol. The van der Waals surface area contributed by atoms with E-state index in [0.717, 1.165) is 22.5 Å². The first kappa shape index (κ1) is 15.5. The summed E-state index contributed by atoms with van der Waals surface area (Å²) in [4.78, 5) is 4.40. The van der Waals surface area contributed by atoms with Crippen molar-refractivity contribution in [3.63, 3.8) is 0 Å². The lowest BCUT2D eigenvalue weighted by Gasteiger charge is -2.18. The fraction of sp³-hybridized carbons (Fsp3) is 0.267. The van der Waals surface area contributed by atoms with Crippen LogP contribution < -0.4 is 10.5 Å². The highest BCUT2D eigenvalue weighted by molar-refractivity contribution is 7.89. The molecule has 0 aliphatic heterocycles. The minimum Gasteiger partial charge on any atom is -0.377 e. The summed E-state index contributed by atoms with van der Waals surface area (Å²) in [7, 11) is -3.72. The van der Waals surface area contributed by atoms with Crippen LogP contribution in [0.15, 0.2) is 41.4 Å². The Labute approximate surface area is 125 Å². The normalized spacial score (nSPS) is 13.0. The number of benzene rings is 1. The number of aryl methyl sites for hydroxylation is 1. The van der Waals surface area contributed by atoms with Gasteiger partial charge in [-0.3, -0.25) is 4.98 Å². The van der Waals surface area contributed by atoms with Crippen LogP contribution in [0, 0.1) is 13.8 Å². The van der Waals surface area contributed by atoms with Gasteiger partial charge in [0.05, 0.1) is 16.6 Å². The lowest BCUT2D eigenvalue weighted by atomic mass is 10.1. The fourth-order valence-corrected chi connectivity index (χ4v) is 2.70. The zero-order valence-corrected chi connectivity index (χ0v) is 13.1. The molecule has 0 aliphatic rings. The Morgan fingerprint density at radius 3 is 2.52 bits per heavy atom. The Bertz CT molecular complexity index is 743. The first-order valence-electron chi connectivity index (χ1n) is 6.60. The molecule has 1 atom stereocenters. The number of primary sulfonamides is 1. The number of nitrogens with one attached hydrogen (secondary N) is 1. The van der Waals surface area contributed by atoms with Gasteiger partial charge in [-0.25, -0.2) is 13.6 Å². The summed E-state index contributed by atoms with van der Waals surface area (Å²) in [5, 5.41) is 8.52. The van der Waals surface area contributed by atoms with Crippen LogP contribution in [0.25, 0.3) is 0 Å². The number of hydrogen-bond donors (Lipinski definition) is 2. The van der Waals surface area contributed by atoms with Gasteiger partial charge in [0.25, 0.3) is 0 Å². The van der Waals surface area contributed by atoms with E-state index in [1.807, 2.05) is 39.0 Å². The molecule has 0 spiro atoms. The zero-order chi connectivity index (χ0) is 15.6. The summed E-state index contributed by atoms with van der Waals surface area (Å²) in [5.41, 5.74) is 3.50. The Kier molecular flexibility index (Phi) is 4.29. The van der Waals surface area contributed by atoms with Crippen molar-refractivity contribution in [1.82, 2.24) is 4.98 Å². The number of sulfonamides is 1. The molecule has 0 aliphatic carbocycles. The van der Waals surface area contributed by atoms with Crippen LogP contribution >= 0.6 is 0 Å². The lowest BCUT2D eigenvalue weighted by Crippen LogP contribution is -2.15. The van der Waals surface area contributed by atoms with Crippen molar-refractivity contribution in [2.45, 2.75) is 31.7 Å². The second-order valence-corrected chi connectivity index (χ2v) is 6.64. The number of anilines is 1. The average molecular weight is 305 g/mol. The molecule has 1 aromatic carbocycles. The van der Waals surface area contributed by atoms with Gasteiger partial charge in [-0.15, -0.1) is 0 Å². The number of aromatic nitrogens is 1. The van der Waals surface area contributed by atoms with Gasteiger partial charge in [0.2, 0.25) is 10.0 Å². The molecule has 3 N–H and O–H groups in total. The van der Waals surface area contributed by atoms with Crippen molar-refractivity contribution in [3.05, 3.63) is 53.3 Å². The lowest BCUT2D eigenvalue weighted by molar-refractivity contribution is 0.597. The third-order valence-corrected chi connectivity index (χ3v) is 4.37. The molecule has 2 aromatic rings. The van der Waals surface area contributed by atoms with E-state index in [4.69, 9.17) is 5.14 Å². The molecule has 1 aromatic heterocycles. The van der Waals surface area contributed by atoms with Crippen molar-refractivity contribution in [3.8, 4) is 0 Å². The van der Waals surface area contributed by atoms with Gasteiger partial charge < -0.3 is 5.32 Å². The quantitative estimate of drug-likeness (QED) is 0.909. The molecule has 0 saturated heterocycles. The van der Waals surface area contributed by atoms with E-state index in [9.17, 15) is 8.42 Å². The van der Waals surface area contributed by atoms with Crippen LogP contribution in [0.2, 0.25) is 0 Å². The molecule has 0 fully saturated rings. The SMILES string of the molecule is Cc1cc(S(N)(=O)=O)cc(NC(C)c2ccccn2)c1C. The highest BCUT2D eigenvalue weighted by Crippen LogP contribution is 2.26. The molecule has 5 nitrogen and oxygen atoms in total. The summed E-state index contributed by atoms with van der Waals surface area (Å²) in [6, 6.07) is 8.80. The van der Waals surface area contributed by atoms with Gasteiger partial charge in [-0.05, 0) is 56.2 Å². The van der Waals surface area contributed by atoms with Crippen LogP contribution in [0.1, 0.15) is 29.8 Å². The maximum absolute atomic E-state index is 11.5. The second-order valence-electron chi connectivity index (χ2n) is 5.08. The van der Waals surface area contributed by atoms with Gasteiger partial charge in [0, 0.05) is 11.9 Å². The van der Waals surface area contributed by atoms with E-state index < -0.39 is 10.0 Å². The number of rotatable bonds is 4. The number of pyridine rings is 1. The van der Waals surface area contributed by atoms with Gasteiger partial charge in [-0.2, -0.15) is 0 Å². The topological polar surface area (TPSA) is 85.1 Å². The monoisotopic (exact) mass is 305 g/mol. The standard InChI is InChI=1S/C15H19N3O2S/c1-10-8-13(21(16,19)20)9-15(11(10)2)18-12(3)14-6-4-5-7-17-14/h4-9,12,18H,1-3H3,(H2,16,19,20). The van der Waals surface area contributed by atoms with E-state index in [2.05, 4.69) is 10.3 Å². The van der Waals surface area contributed by atoms with Crippen molar-refractivity contribution < 1.29 is 8.42 Å². The van der Waals surface area contributed by atoms with Crippen molar-refractivity contribution >= 4 is 15.7 Å². The van der Waals surface area contributed by atoms with Crippen molar-refractivity contribution in [2.75, 3.05) is 5.32 Å². The summed E-state index contributed by atoms with van der Waals surface area (Å²) in [5.74, 6) is 0. The van der Waals surface area contributed by atoms with Crippen molar-refractivity contribution in [1.29, 1.82) is 0 Å². The maximum Gasteiger partial charge on any atom is 0.238 e. The van der Waals surface area contributed by atoms with E-state index >= 15 is 0 Å². The van der Waals surface area contributed by atoms with Crippen LogP contribution in [0.4, 0.5) is 5.69 Å². The Morgan fingerprint density at radius 1 is 1.24 bits per heavy atom. The molecule has 2 rings (SSSR count). The Hall–Kier alpha value is -1.92. The second kappa shape index (κ2) is 5.83. The maximum atomic E-state index is 11.5. The third kappa shape index (κ3) is 3.59. The van der Waals surface area contributed by atoms with Gasteiger partial charge in [0.15, 0.2) is 0 Å². The summed E-state index contributed by atoms with van der Waals surface area (Å²) in [6.45, 7) is 5.77. The Balaban J connectivity index is 2.38. The van der Waals surface area contributed by atoms with Crippen LogP contribution in [0.5, 0.6) is 0 Å². The minimum atomic E-state index is -3.72. The third-order valence-electron chi connectivity index (χ3n) is 3.47. The van der Waals surface area contributed by atoms with E-state index in [1.165, 1.54) is 0 Å². The summed E-state index contributed by atoms with van der Waals surface area (Å²) in [6.07, 6.45) is 1.73. The molecule has 0 radical (unpaired) electrons. The van der Waals surface area contributed by atoms with Crippen LogP contribution in [-0.2, 0) is 10.0 Å². The molecular weight excluding hydrogens is 286 g/mol. The molecule has 1 heterocycles. The number of hydrogen-bond acceptors (Lipinski definition) is 4. The molecule has 0 bridgehead atoms. The summed E-state index contributed by atoms with van der Waals surface area (Å²) >= 11 is 0. The smallest absolute Gasteiger partial charge is 0.238 e. The molecule has 6 heteroatoms. The highest BCUT2D eigenvalue weighted by atomic mass is 32.2. The van der Waals surface area contributed by atoms with Crippen molar-refractivity contribution in [2.24, 2.45) is 5.14 Å².